The van der Waals surface area contributed by atoms with Crippen molar-refractivity contribution >= 4 is 37.8 Å². The monoisotopic (exact) mass is 365 g/mol. The second kappa shape index (κ2) is 7.11. The summed E-state index contributed by atoms with van der Waals surface area (Å²) in [5, 5.41) is 3.68. The first-order valence-corrected chi connectivity index (χ1v) is 7.28. The van der Waals surface area contributed by atoms with Crippen LogP contribution in [0, 0.1) is 5.82 Å². The molecule has 0 bridgehead atoms. The molecule has 0 aliphatic heterocycles. The molecule has 5 heteroatoms. The zero-order chi connectivity index (χ0) is 12.8. The van der Waals surface area contributed by atoms with E-state index in [4.69, 9.17) is 0 Å². The van der Waals surface area contributed by atoms with Gasteiger partial charge in [0, 0.05) is 15.8 Å². The molecular formula is C12H14Br2FNO. The minimum atomic E-state index is -0.510. The highest BCUT2D eigenvalue weighted by Gasteiger charge is 2.16. The molecule has 1 unspecified atom stereocenters. The zero-order valence-corrected chi connectivity index (χ0v) is 12.6. The van der Waals surface area contributed by atoms with E-state index >= 15 is 0 Å². The minimum Gasteiger partial charge on any atom is -0.349 e. The Bertz CT molecular complexity index is 378. The van der Waals surface area contributed by atoms with Crippen molar-refractivity contribution in [2.75, 3.05) is 5.33 Å². The van der Waals surface area contributed by atoms with Crippen LogP contribution in [0.25, 0.3) is 0 Å². The number of benzene rings is 1. The molecule has 1 aromatic carbocycles. The summed E-state index contributed by atoms with van der Waals surface area (Å²) < 4.78 is 14.0. The number of amides is 1. The standard InChI is InChI=1S/C12H14Br2FNO/c1-8(4-3-7-13)16-12(17)11-9(14)5-2-6-10(11)15/h2,5-6,8H,3-4,7H2,1H3,(H,16,17). The van der Waals surface area contributed by atoms with Gasteiger partial charge in [-0.05, 0) is 47.8 Å². The van der Waals surface area contributed by atoms with Crippen molar-refractivity contribution in [2.24, 2.45) is 0 Å². The Morgan fingerprint density at radius 2 is 2.24 bits per heavy atom. The zero-order valence-electron chi connectivity index (χ0n) is 9.47. The molecule has 0 saturated heterocycles. The predicted octanol–water partition coefficient (Wildman–Crippen LogP) is 3.88. The molecule has 0 aromatic heterocycles. The van der Waals surface area contributed by atoms with Crippen LogP contribution in [0.4, 0.5) is 4.39 Å². The first kappa shape index (κ1) is 14.6. The number of carbonyl (C=O) groups excluding carboxylic acids is 1. The number of halogens is 3. The van der Waals surface area contributed by atoms with Crippen molar-refractivity contribution in [3.63, 3.8) is 0 Å². The number of rotatable bonds is 5. The van der Waals surface area contributed by atoms with Crippen molar-refractivity contribution in [1.29, 1.82) is 0 Å². The van der Waals surface area contributed by atoms with Crippen LogP contribution in [0.5, 0.6) is 0 Å². The predicted molar refractivity (Wildman–Crippen MR) is 74.1 cm³/mol. The van der Waals surface area contributed by atoms with Gasteiger partial charge in [-0.3, -0.25) is 4.79 Å². The summed E-state index contributed by atoms with van der Waals surface area (Å²) in [6.45, 7) is 1.91. The summed E-state index contributed by atoms with van der Waals surface area (Å²) in [7, 11) is 0. The summed E-state index contributed by atoms with van der Waals surface area (Å²) in [6, 6.07) is 4.53. The molecule has 1 N–H and O–H groups in total. The summed E-state index contributed by atoms with van der Waals surface area (Å²) in [6.07, 6.45) is 1.84. The fourth-order valence-electron chi connectivity index (χ4n) is 1.47. The van der Waals surface area contributed by atoms with E-state index in [1.54, 1.807) is 12.1 Å². The third-order valence-corrected chi connectivity index (χ3v) is 3.56. The van der Waals surface area contributed by atoms with E-state index in [0.717, 1.165) is 18.2 Å². The molecule has 94 valence electrons. The normalized spacial score (nSPS) is 12.2. The van der Waals surface area contributed by atoms with Crippen LogP contribution < -0.4 is 5.32 Å². The molecule has 0 heterocycles. The molecule has 1 atom stereocenters. The van der Waals surface area contributed by atoms with E-state index < -0.39 is 5.82 Å². The molecular weight excluding hydrogens is 353 g/mol. The van der Waals surface area contributed by atoms with Crippen molar-refractivity contribution in [1.82, 2.24) is 5.32 Å². The summed E-state index contributed by atoms with van der Waals surface area (Å²) in [5.74, 6) is -0.887. The molecule has 0 aliphatic rings. The highest BCUT2D eigenvalue weighted by molar-refractivity contribution is 9.10. The van der Waals surface area contributed by atoms with Crippen LogP contribution >= 0.6 is 31.9 Å². The van der Waals surface area contributed by atoms with Gasteiger partial charge in [-0.1, -0.05) is 22.0 Å². The van der Waals surface area contributed by atoms with Crippen molar-refractivity contribution in [3.05, 3.63) is 34.1 Å². The highest BCUT2D eigenvalue weighted by Crippen LogP contribution is 2.19. The van der Waals surface area contributed by atoms with Gasteiger partial charge in [-0.2, -0.15) is 0 Å². The Labute approximate surface area is 117 Å². The van der Waals surface area contributed by atoms with Crippen LogP contribution in [0.2, 0.25) is 0 Å². The van der Waals surface area contributed by atoms with E-state index in [9.17, 15) is 9.18 Å². The highest BCUT2D eigenvalue weighted by atomic mass is 79.9. The van der Waals surface area contributed by atoms with Crippen LogP contribution in [-0.4, -0.2) is 17.3 Å². The fourth-order valence-corrected chi connectivity index (χ4v) is 2.31. The molecule has 17 heavy (non-hydrogen) atoms. The van der Waals surface area contributed by atoms with Crippen molar-refractivity contribution in [2.45, 2.75) is 25.8 Å². The van der Waals surface area contributed by atoms with Gasteiger partial charge in [-0.25, -0.2) is 4.39 Å². The van der Waals surface area contributed by atoms with Crippen molar-refractivity contribution in [3.8, 4) is 0 Å². The molecule has 1 aromatic rings. The lowest BCUT2D eigenvalue weighted by atomic mass is 10.1. The van der Waals surface area contributed by atoms with E-state index in [0.29, 0.717) is 4.47 Å². The number of alkyl halides is 1. The van der Waals surface area contributed by atoms with Crippen LogP contribution in [0.1, 0.15) is 30.1 Å². The largest absolute Gasteiger partial charge is 0.349 e. The summed E-state index contributed by atoms with van der Waals surface area (Å²) >= 11 is 6.51. The molecule has 0 fully saturated rings. The molecule has 0 saturated carbocycles. The maximum Gasteiger partial charge on any atom is 0.255 e. The van der Waals surface area contributed by atoms with Crippen LogP contribution in [0.15, 0.2) is 22.7 Å². The van der Waals surface area contributed by atoms with Gasteiger partial charge in [-0.15, -0.1) is 0 Å². The fraction of sp³-hybridized carbons (Fsp3) is 0.417. The van der Waals surface area contributed by atoms with Gasteiger partial charge in [0.1, 0.15) is 5.82 Å². The maximum absolute atomic E-state index is 13.5. The smallest absolute Gasteiger partial charge is 0.255 e. The van der Waals surface area contributed by atoms with E-state index in [1.165, 1.54) is 6.07 Å². The quantitative estimate of drug-likeness (QED) is 0.787. The van der Waals surface area contributed by atoms with Gasteiger partial charge >= 0.3 is 0 Å². The van der Waals surface area contributed by atoms with Gasteiger partial charge < -0.3 is 5.32 Å². The van der Waals surface area contributed by atoms with Gasteiger partial charge in [0.15, 0.2) is 0 Å². The second-order valence-corrected chi connectivity index (χ2v) is 5.45. The lowest BCUT2D eigenvalue weighted by Gasteiger charge is -2.14. The summed E-state index contributed by atoms with van der Waals surface area (Å²) in [5.41, 5.74) is 0.0678. The molecule has 1 rings (SSSR count). The lowest BCUT2D eigenvalue weighted by molar-refractivity contribution is 0.0933. The topological polar surface area (TPSA) is 29.1 Å². The number of carbonyl (C=O) groups is 1. The Kier molecular flexibility index (Phi) is 6.12. The first-order chi connectivity index (χ1) is 8.06. The third kappa shape index (κ3) is 4.39. The van der Waals surface area contributed by atoms with E-state index in [-0.39, 0.29) is 17.5 Å². The average Bonchev–Trinajstić information content (AvgIpc) is 2.26. The Morgan fingerprint density at radius 3 is 2.82 bits per heavy atom. The number of hydrogen-bond acceptors (Lipinski definition) is 1. The lowest BCUT2D eigenvalue weighted by Crippen LogP contribution is -2.33. The number of hydrogen-bond donors (Lipinski definition) is 1. The molecule has 1 amide bonds. The van der Waals surface area contributed by atoms with Gasteiger partial charge in [0.25, 0.3) is 5.91 Å². The van der Waals surface area contributed by atoms with Gasteiger partial charge in [0.05, 0.1) is 5.56 Å². The molecule has 2 nitrogen and oxygen atoms in total. The Balaban J connectivity index is 2.70. The first-order valence-electron chi connectivity index (χ1n) is 5.37. The average molecular weight is 367 g/mol. The molecule has 0 radical (unpaired) electrons. The second-order valence-electron chi connectivity index (χ2n) is 3.80. The van der Waals surface area contributed by atoms with Crippen LogP contribution in [-0.2, 0) is 0 Å². The molecule has 0 spiro atoms. The van der Waals surface area contributed by atoms with E-state index in [1.807, 2.05) is 6.92 Å². The summed E-state index contributed by atoms with van der Waals surface area (Å²) in [4.78, 5) is 11.9. The van der Waals surface area contributed by atoms with E-state index in [2.05, 4.69) is 37.2 Å². The Hall–Kier alpha value is -0.420. The third-order valence-electron chi connectivity index (χ3n) is 2.34. The maximum atomic E-state index is 13.5. The minimum absolute atomic E-state index is 0.0338. The van der Waals surface area contributed by atoms with Gasteiger partial charge in [0.2, 0.25) is 0 Å². The van der Waals surface area contributed by atoms with Crippen molar-refractivity contribution < 1.29 is 9.18 Å². The molecule has 0 aliphatic carbocycles. The SMILES string of the molecule is CC(CCCBr)NC(=O)c1c(F)cccc1Br. The Morgan fingerprint density at radius 1 is 1.53 bits per heavy atom. The van der Waals surface area contributed by atoms with Crippen LogP contribution in [0.3, 0.4) is 0 Å². The number of nitrogens with one attached hydrogen (secondary N) is 1.